The van der Waals surface area contributed by atoms with E-state index in [1.807, 2.05) is 0 Å². The molecule has 9 heteroatoms. The Morgan fingerprint density at radius 1 is 1.35 bits per heavy atom. The summed E-state index contributed by atoms with van der Waals surface area (Å²) in [5, 5.41) is 11.3. The van der Waals surface area contributed by atoms with Crippen LogP contribution in [0.25, 0.3) is 0 Å². The lowest BCUT2D eigenvalue weighted by Gasteiger charge is -2.28. The van der Waals surface area contributed by atoms with E-state index in [9.17, 15) is 19.7 Å². The molecule has 0 aromatic rings. The Hall–Kier alpha value is -2.42. The Bertz CT molecular complexity index is 476. The second-order valence-corrected chi connectivity index (χ2v) is 4.37. The fraction of sp³-hybridized carbons (Fsp3) is 0.571. The second-order valence-electron chi connectivity index (χ2n) is 4.37. The van der Waals surface area contributed by atoms with Crippen LogP contribution in [0.3, 0.4) is 0 Å². The number of methoxy groups -OCH3 is 1. The molecule has 0 rings (SSSR count). The molecule has 0 aromatic heterocycles. The van der Waals surface area contributed by atoms with Crippen LogP contribution < -0.4 is 0 Å². The molecule has 0 aliphatic heterocycles. The molecule has 0 radical (unpaired) electrons. The SMILES string of the molecule is C=C(C)/C=C\N(C(=O)OC)C(OCC)C(C(=O)OCC)[N+](=O)[O-]. The molecule has 0 spiro atoms. The molecule has 0 aromatic carbocycles. The molecular weight excluding hydrogens is 308 g/mol. The highest BCUT2D eigenvalue weighted by atomic mass is 16.6. The van der Waals surface area contributed by atoms with Crippen LogP contribution >= 0.6 is 0 Å². The van der Waals surface area contributed by atoms with E-state index in [-0.39, 0.29) is 13.2 Å². The van der Waals surface area contributed by atoms with E-state index in [4.69, 9.17) is 9.47 Å². The van der Waals surface area contributed by atoms with Gasteiger partial charge >= 0.3 is 18.1 Å². The van der Waals surface area contributed by atoms with Gasteiger partial charge in [0.1, 0.15) is 0 Å². The summed E-state index contributed by atoms with van der Waals surface area (Å²) < 4.78 is 14.5. The zero-order chi connectivity index (χ0) is 18.0. The van der Waals surface area contributed by atoms with Gasteiger partial charge in [-0.2, -0.15) is 0 Å². The number of carbonyl (C=O) groups is 2. The average Bonchev–Trinajstić information content (AvgIpc) is 2.46. The monoisotopic (exact) mass is 330 g/mol. The molecule has 9 nitrogen and oxygen atoms in total. The summed E-state index contributed by atoms with van der Waals surface area (Å²) in [6, 6.07) is -1.91. The van der Waals surface area contributed by atoms with E-state index >= 15 is 0 Å². The standard InChI is InChI=1S/C14H22N2O7/c1-6-22-12(11(16(19)20)13(17)23-7-2)15(14(18)21-5)9-8-10(3)4/h8-9,11-12H,3,6-7H2,1-2,4-5H3/b9-8-. The van der Waals surface area contributed by atoms with Gasteiger partial charge in [-0.15, -0.1) is 0 Å². The van der Waals surface area contributed by atoms with Gasteiger partial charge in [-0.25, -0.2) is 9.59 Å². The van der Waals surface area contributed by atoms with E-state index in [2.05, 4.69) is 11.3 Å². The van der Waals surface area contributed by atoms with E-state index in [1.54, 1.807) is 13.8 Å². The van der Waals surface area contributed by atoms with Gasteiger partial charge in [0, 0.05) is 17.7 Å². The van der Waals surface area contributed by atoms with E-state index in [0.29, 0.717) is 5.57 Å². The smallest absolute Gasteiger partial charge is 0.415 e. The van der Waals surface area contributed by atoms with Crippen molar-refractivity contribution in [1.82, 2.24) is 4.90 Å². The number of hydrogen-bond acceptors (Lipinski definition) is 7. The Morgan fingerprint density at radius 2 is 1.96 bits per heavy atom. The number of hydrogen-bond donors (Lipinski definition) is 0. The molecule has 0 heterocycles. The number of nitrogens with zero attached hydrogens (tertiary/aromatic N) is 2. The number of allylic oxidation sites excluding steroid dienone is 2. The van der Waals surface area contributed by atoms with Gasteiger partial charge in [0.25, 0.3) is 0 Å². The Labute approximate surface area is 134 Å². The molecule has 0 fully saturated rings. The molecule has 2 unspecified atom stereocenters. The van der Waals surface area contributed by atoms with Crippen LogP contribution in [0.2, 0.25) is 0 Å². The summed E-state index contributed by atoms with van der Waals surface area (Å²) >= 11 is 0. The average molecular weight is 330 g/mol. The largest absolute Gasteiger partial charge is 0.461 e. The van der Waals surface area contributed by atoms with E-state index in [0.717, 1.165) is 12.0 Å². The first-order valence-corrected chi connectivity index (χ1v) is 6.91. The third-order valence-electron chi connectivity index (χ3n) is 2.54. The number of carbonyl (C=O) groups excluding carboxylic acids is 2. The Kier molecular flexibility index (Phi) is 9.24. The molecule has 0 bridgehead atoms. The summed E-state index contributed by atoms with van der Waals surface area (Å²) in [6.07, 6.45) is 0.212. The Balaban J connectivity index is 5.79. The molecule has 2 atom stereocenters. The van der Waals surface area contributed by atoms with Gasteiger partial charge in [-0.05, 0) is 26.8 Å². The van der Waals surface area contributed by atoms with Crippen molar-refractivity contribution in [2.75, 3.05) is 20.3 Å². The number of amides is 1. The Morgan fingerprint density at radius 3 is 2.35 bits per heavy atom. The molecule has 0 aliphatic carbocycles. The van der Waals surface area contributed by atoms with Crippen molar-refractivity contribution < 1.29 is 28.7 Å². The lowest BCUT2D eigenvalue weighted by molar-refractivity contribution is -0.527. The van der Waals surface area contributed by atoms with Crippen molar-refractivity contribution in [2.24, 2.45) is 0 Å². The first kappa shape index (κ1) is 20.6. The quantitative estimate of drug-likeness (QED) is 0.208. The molecule has 1 amide bonds. The van der Waals surface area contributed by atoms with Crippen LogP contribution in [0.15, 0.2) is 24.4 Å². The van der Waals surface area contributed by atoms with Crippen molar-refractivity contribution in [3.8, 4) is 0 Å². The van der Waals surface area contributed by atoms with Crippen LogP contribution in [0.5, 0.6) is 0 Å². The minimum atomic E-state index is -1.91. The van der Waals surface area contributed by atoms with Crippen LogP contribution in [-0.2, 0) is 19.0 Å². The fourth-order valence-electron chi connectivity index (χ4n) is 1.59. The predicted octanol–water partition coefficient (Wildman–Crippen LogP) is 1.72. The number of ether oxygens (including phenoxy) is 3. The predicted molar refractivity (Wildman–Crippen MR) is 81.0 cm³/mol. The first-order valence-electron chi connectivity index (χ1n) is 6.91. The van der Waals surface area contributed by atoms with Crippen molar-refractivity contribution in [3.63, 3.8) is 0 Å². The van der Waals surface area contributed by atoms with Gasteiger partial charge in [0.05, 0.1) is 13.7 Å². The highest BCUT2D eigenvalue weighted by molar-refractivity contribution is 5.77. The summed E-state index contributed by atoms with van der Waals surface area (Å²) in [7, 11) is 1.11. The van der Waals surface area contributed by atoms with Gasteiger partial charge < -0.3 is 14.2 Å². The van der Waals surface area contributed by atoms with Crippen molar-refractivity contribution >= 4 is 12.1 Å². The van der Waals surface area contributed by atoms with Crippen molar-refractivity contribution in [2.45, 2.75) is 33.0 Å². The van der Waals surface area contributed by atoms with Crippen molar-refractivity contribution in [1.29, 1.82) is 0 Å². The fourth-order valence-corrected chi connectivity index (χ4v) is 1.59. The topological polar surface area (TPSA) is 108 Å². The number of nitro groups is 1. The van der Waals surface area contributed by atoms with Crippen LogP contribution in [0.4, 0.5) is 4.79 Å². The molecule has 0 N–H and O–H groups in total. The molecule has 130 valence electrons. The molecule has 0 saturated heterocycles. The molecule has 0 saturated carbocycles. The zero-order valence-corrected chi connectivity index (χ0v) is 13.7. The maximum absolute atomic E-state index is 11.9. The summed E-state index contributed by atoms with van der Waals surface area (Å²) in [4.78, 5) is 35.1. The van der Waals surface area contributed by atoms with Gasteiger partial charge in [-0.3, -0.25) is 15.0 Å². The third kappa shape index (κ3) is 6.47. The summed E-state index contributed by atoms with van der Waals surface area (Å²) in [6.45, 7) is 8.38. The molecular formula is C14H22N2O7. The number of rotatable bonds is 9. The minimum absolute atomic E-state index is 0.0306. The van der Waals surface area contributed by atoms with Gasteiger partial charge in [0.2, 0.25) is 6.23 Å². The van der Waals surface area contributed by atoms with Crippen LogP contribution in [0.1, 0.15) is 20.8 Å². The maximum atomic E-state index is 11.9. The van der Waals surface area contributed by atoms with E-state index in [1.165, 1.54) is 19.2 Å². The maximum Gasteiger partial charge on any atom is 0.415 e. The molecule has 0 aliphatic rings. The van der Waals surface area contributed by atoms with Crippen molar-refractivity contribution in [3.05, 3.63) is 34.5 Å². The summed E-state index contributed by atoms with van der Waals surface area (Å²) in [5.41, 5.74) is 0.586. The van der Waals surface area contributed by atoms with Gasteiger partial charge in [0.15, 0.2) is 0 Å². The second kappa shape index (κ2) is 10.3. The zero-order valence-electron chi connectivity index (χ0n) is 13.7. The van der Waals surface area contributed by atoms with E-state index < -0.39 is 29.3 Å². The number of esters is 1. The molecule has 23 heavy (non-hydrogen) atoms. The lowest BCUT2D eigenvalue weighted by atomic mass is 10.2. The minimum Gasteiger partial charge on any atom is -0.461 e. The highest BCUT2D eigenvalue weighted by Crippen LogP contribution is 2.15. The van der Waals surface area contributed by atoms with Crippen LogP contribution in [-0.4, -0.2) is 54.5 Å². The van der Waals surface area contributed by atoms with Crippen LogP contribution in [0, 0.1) is 10.1 Å². The third-order valence-corrected chi connectivity index (χ3v) is 2.54. The summed E-state index contributed by atoms with van der Waals surface area (Å²) in [5.74, 6) is -1.10. The first-order chi connectivity index (χ1) is 10.8. The normalized spacial score (nSPS) is 13.2. The van der Waals surface area contributed by atoms with Gasteiger partial charge in [-0.1, -0.05) is 12.2 Å². The lowest BCUT2D eigenvalue weighted by Crippen LogP contribution is -2.53. The highest BCUT2D eigenvalue weighted by Gasteiger charge is 2.46.